The normalized spacial score (nSPS) is 20.2. The molecule has 0 amide bonds. The Labute approximate surface area is 194 Å². The van der Waals surface area contributed by atoms with Crippen molar-refractivity contribution < 1.29 is 13.2 Å². The van der Waals surface area contributed by atoms with Crippen molar-refractivity contribution in [3.63, 3.8) is 0 Å². The summed E-state index contributed by atoms with van der Waals surface area (Å²) in [5, 5.41) is 3.35. The standard InChI is InChI=1S/C21H32F3N5.HI/c1-17(21(22,23)24)28-11-13-29(14-12-28)20(25-2)26-15-18-5-7-19(8-6-18)16-27-9-3-4-10-27;/h5-8,17H,3-4,9-16H2,1-2H3,(H,25,26);1H. The molecule has 30 heavy (non-hydrogen) atoms. The molecule has 2 heterocycles. The molecule has 2 saturated heterocycles. The maximum Gasteiger partial charge on any atom is 0.403 e. The quantitative estimate of drug-likeness (QED) is 0.353. The van der Waals surface area contributed by atoms with Crippen molar-refractivity contribution in [2.45, 2.75) is 45.1 Å². The maximum absolute atomic E-state index is 12.9. The molecule has 9 heteroatoms. The molecule has 0 bridgehead atoms. The summed E-state index contributed by atoms with van der Waals surface area (Å²) in [6.45, 7) is 7.11. The first-order valence-electron chi connectivity index (χ1n) is 10.4. The second-order valence-corrected chi connectivity index (χ2v) is 7.94. The van der Waals surface area contributed by atoms with E-state index in [1.165, 1.54) is 48.9 Å². The fraction of sp³-hybridized carbons (Fsp3) is 0.667. The number of likely N-dealkylation sites (tertiary alicyclic amines) is 1. The van der Waals surface area contributed by atoms with E-state index in [9.17, 15) is 13.2 Å². The summed E-state index contributed by atoms with van der Waals surface area (Å²) < 4.78 is 38.7. The van der Waals surface area contributed by atoms with Gasteiger partial charge in [0, 0.05) is 46.3 Å². The predicted molar refractivity (Wildman–Crippen MR) is 125 cm³/mol. The summed E-state index contributed by atoms with van der Waals surface area (Å²) in [7, 11) is 1.71. The SMILES string of the molecule is CN=C(NCc1ccc(CN2CCCC2)cc1)N1CCN(C(C)C(F)(F)F)CC1.I. The second kappa shape index (κ2) is 11.5. The van der Waals surface area contributed by atoms with Crippen LogP contribution in [-0.2, 0) is 13.1 Å². The molecule has 0 aromatic heterocycles. The van der Waals surface area contributed by atoms with Gasteiger partial charge in [0.2, 0.25) is 0 Å². The molecule has 1 aromatic rings. The predicted octanol–water partition coefficient (Wildman–Crippen LogP) is 3.54. The lowest BCUT2D eigenvalue weighted by Gasteiger charge is -2.39. The Morgan fingerprint density at radius 3 is 2.10 bits per heavy atom. The van der Waals surface area contributed by atoms with Gasteiger partial charge in [-0.1, -0.05) is 24.3 Å². The number of hydrogen-bond donors (Lipinski definition) is 1. The van der Waals surface area contributed by atoms with Gasteiger partial charge in [-0.2, -0.15) is 13.2 Å². The highest BCUT2D eigenvalue weighted by Gasteiger charge is 2.41. The first kappa shape index (κ1) is 25.2. The number of nitrogens with one attached hydrogen (secondary N) is 1. The lowest BCUT2D eigenvalue weighted by molar-refractivity contribution is -0.181. The number of alkyl halides is 3. The van der Waals surface area contributed by atoms with Crippen LogP contribution in [0.5, 0.6) is 0 Å². The van der Waals surface area contributed by atoms with E-state index in [0.29, 0.717) is 32.7 Å². The van der Waals surface area contributed by atoms with Crippen LogP contribution in [0.25, 0.3) is 0 Å². The number of benzene rings is 1. The Morgan fingerprint density at radius 2 is 1.57 bits per heavy atom. The van der Waals surface area contributed by atoms with Gasteiger partial charge in [-0.25, -0.2) is 0 Å². The molecule has 0 spiro atoms. The molecule has 1 N–H and O–H groups in total. The summed E-state index contributed by atoms with van der Waals surface area (Å²) in [6.07, 6.45) is -1.59. The molecular weight excluding hydrogens is 506 g/mol. The lowest BCUT2D eigenvalue weighted by Crippen LogP contribution is -2.56. The van der Waals surface area contributed by atoms with Crippen molar-refractivity contribution in [1.82, 2.24) is 20.0 Å². The Balaban J connectivity index is 0.00000320. The van der Waals surface area contributed by atoms with Gasteiger partial charge in [0.1, 0.15) is 6.04 Å². The van der Waals surface area contributed by atoms with Crippen LogP contribution in [0.1, 0.15) is 30.9 Å². The maximum atomic E-state index is 12.9. The molecule has 3 rings (SSSR count). The highest BCUT2D eigenvalue weighted by Crippen LogP contribution is 2.25. The Hall–Kier alpha value is -1.07. The second-order valence-electron chi connectivity index (χ2n) is 7.94. The van der Waals surface area contributed by atoms with Crippen molar-refractivity contribution in [2.75, 3.05) is 46.3 Å². The van der Waals surface area contributed by atoms with Gasteiger partial charge < -0.3 is 10.2 Å². The van der Waals surface area contributed by atoms with E-state index < -0.39 is 12.2 Å². The van der Waals surface area contributed by atoms with Crippen LogP contribution in [0.15, 0.2) is 29.3 Å². The van der Waals surface area contributed by atoms with Gasteiger partial charge in [-0.15, -0.1) is 24.0 Å². The Kier molecular flexibility index (Phi) is 9.67. The van der Waals surface area contributed by atoms with Crippen molar-refractivity contribution in [2.24, 2.45) is 4.99 Å². The molecule has 170 valence electrons. The van der Waals surface area contributed by atoms with Crippen LogP contribution in [0, 0.1) is 0 Å². The minimum atomic E-state index is -4.18. The van der Waals surface area contributed by atoms with Crippen molar-refractivity contribution >= 4 is 29.9 Å². The molecule has 1 aromatic carbocycles. The van der Waals surface area contributed by atoms with E-state index in [-0.39, 0.29) is 24.0 Å². The summed E-state index contributed by atoms with van der Waals surface area (Å²) in [4.78, 5) is 10.3. The van der Waals surface area contributed by atoms with Gasteiger partial charge in [-0.05, 0) is 44.0 Å². The topological polar surface area (TPSA) is 34.1 Å². The number of halogens is 4. The summed E-state index contributed by atoms with van der Waals surface area (Å²) >= 11 is 0. The van der Waals surface area contributed by atoms with Crippen LogP contribution in [-0.4, -0.2) is 79.2 Å². The molecule has 2 aliphatic heterocycles. The fourth-order valence-electron chi connectivity index (χ4n) is 4.00. The number of guanidine groups is 1. The number of aliphatic imine (C=N–C) groups is 1. The zero-order valence-corrected chi connectivity index (χ0v) is 20.1. The van der Waals surface area contributed by atoms with Crippen LogP contribution in [0.2, 0.25) is 0 Å². The number of nitrogens with zero attached hydrogens (tertiary/aromatic N) is 4. The Bertz CT molecular complexity index is 666. The molecule has 1 atom stereocenters. The summed E-state index contributed by atoms with van der Waals surface area (Å²) in [6, 6.07) is 7.22. The molecule has 0 aliphatic carbocycles. The fourth-order valence-corrected chi connectivity index (χ4v) is 4.00. The van der Waals surface area contributed by atoms with Crippen molar-refractivity contribution in [1.29, 1.82) is 0 Å². The average molecular weight is 539 g/mol. The molecule has 0 saturated carbocycles. The van der Waals surface area contributed by atoms with E-state index in [0.717, 1.165) is 12.5 Å². The van der Waals surface area contributed by atoms with E-state index >= 15 is 0 Å². The smallest absolute Gasteiger partial charge is 0.352 e. The third-order valence-electron chi connectivity index (χ3n) is 5.93. The van der Waals surface area contributed by atoms with Crippen LogP contribution in [0.3, 0.4) is 0 Å². The number of piperazine rings is 1. The largest absolute Gasteiger partial charge is 0.403 e. The van der Waals surface area contributed by atoms with E-state index in [4.69, 9.17) is 0 Å². The van der Waals surface area contributed by atoms with Gasteiger partial charge in [0.25, 0.3) is 0 Å². The molecule has 0 radical (unpaired) electrons. The third kappa shape index (κ3) is 6.98. The lowest BCUT2D eigenvalue weighted by atomic mass is 10.1. The third-order valence-corrected chi connectivity index (χ3v) is 5.93. The van der Waals surface area contributed by atoms with Crippen molar-refractivity contribution in [3.8, 4) is 0 Å². The highest BCUT2D eigenvalue weighted by molar-refractivity contribution is 14.0. The van der Waals surface area contributed by atoms with Crippen LogP contribution in [0.4, 0.5) is 13.2 Å². The molecule has 2 fully saturated rings. The van der Waals surface area contributed by atoms with E-state index in [1.807, 2.05) is 4.90 Å². The highest BCUT2D eigenvalue weighted by atomic mass is 127. The first-order chi connectivity index (χ1) is 13.9. The van der Waals surface area contributed by atoms with Gasteiger partial charge in [0.15, 0.2) is 5.96 Å². The first-order valence-corrected chi connectivity index (χ1v) is 10.4. The zero-order valence-electron chi connectivity index (χ0n) is 17.8. The van der Waals surface area contributed by atoms with Crippen LogP contribution >= 0.6 is 24.0 Å². The Morgan fingerprint density at radius 1 is 1.00 bits per heavy atom. The minimum Gasteiger partial charge on any atom is -0.352 e. The number of hydrogen-bond acceptors (Lipinski definition) is 3. The monoisotopic (exact) mass is 539 g/mol. The summed E-state index contributed by atoms with van der Waals surface area (Å²) in [5.74, 6) is 0.741. The van der Waals surface area contributed by atoms with Gasteiger partial charge >= 0.3 is 6.18 Å². The van der Waals surface area contributed by atoms with Gasteiger partial charge in [-0.3, -0.25) is 14.8 Å². The zero-order chi connectivity index (χ0) is 20.9. The minimum absolute atomic E-state index is 0. The van der Waals surface area contributed by atoms with E-state index in [2.05, 4.69) is 39.5 Å². The van der Waals surface area contributed by atoms with E-state index in [1.54, 1.807) is 7.05 Å². The summed E-state index contributed by atoms with van der Waals surface area (Å²) in [5.41, 5.74) is 2.50. The van der Waals surface area contributed by atoms with Gasteiger partial charge in [0.05, 0.1) is 0 Å². The van der Waals surface area contributed by atoms with Crippen molar-refractivity contribution in [3.05, 3.63) is 35.4 Å². The molecular formula is C21H33F3IN5. The number of rotatable bonds is 5. The van der Waals surface area contributed by atoms with Crippen LogP contribution < -0.4 is 5.32 Å². The average Bonchev–Trinajstić information content (AvgIpc) is 3.22. The molecule has 5 nitrogen and oxygen atoms in total. The molecule has 1 unspecified atom stereocenters. The molecule has 2 aliphatic rings.